The average Bonchev–Trinajstić information content (AvgIpc) is 3.17. The lowest BCUT2D eigenvalue weighted by Gasteiger charge is -2.04. The summed E-state index contributed by atoms with van der Waals surface area (Å²) in [5.74, 6) is 2.30. The Labute approximate surface area is 122 Å². The van der Waals surface area contributed by atoms with E-state index in [0.717, 1.165) is 23.7 Å². The number of nitrogens with zero attached hydrogens (tertiary/aromatic N) is 5. The van der Waals surface area contributed by atoms with E-state index >= 15 is 0 Å². The van der Waals surface area contributed by atoms with Crippen LogP contribution in [0.3, 0.4) is 0 Å². The molecule has 0 aliphatic carbocycles. The first-order valence-corrected chi connectivity index (χ1v) is 6.84. The smallest absolute Gasteiger partial charge is 0.208 e. The second-order valence-electron chi connectivity index (χ2n) is 4.52. The van der Waals surface area contributed by atoms with E-state index in [1.54, 1.807) is 10.9 Å². The van der Waals surface area contributed by atoms with Crippen molar-refractivity contribution in [2.75, 3.05) is 0 Å². The van der Waals surface area contributed by atoms with Crippen LogP contribution in [0.1, 0.15) is 24.4 Å². The minimum absolute atomic E-state index is 0.533. The summed E-state index contributed by atoms with van der Waals surface area (Å²) in [6.45, 7) is 3.11. The van der Waals surface area contributed by atoms with Gasteiger partial charge < -0.3 is 9.73 Å². The van der Waals surface area contributed by atoms with Crippen LogP contribution in [0.15, 0.2) is 40.9 Å². The molecule has 2 heterocycles. The number of rotatable bonds is 6. The predicted molar refractivity (Wildman–Crippen MR) is 75.6 cm³/mol. The van der Waals surface area contributed by atoms with Gasteiger partial charge in [-0.3, -0.25) is 0 Å². The van der Waals surface area contributed by atoms with Gasteiger partial charge in [0.05, 0.1) is 25.0 Å². The largest absolute Gasteiger partial charge is 0.444 e. The number of hydrogen-bond acceptors (Lipinski definition) is 6. The van der Waals surface area contributed by atoms with Gasteiger partial charge in [0.15, 0.2) is 5.82 Å². The van der Waals surface area contributed by atoms with Crippen LogP contribution in [-0.2, 0) is 19.5 Å². The molecular formula is C14H16N6O. The maximum atomic E-state index is 5.54. The van der Waals surface area contributed by atoms with Gasteiger partial charge in [0, 0.05) is 6.42 Å². The Kier molecular flexibility index (Phi) is 4.02. The lowest BCUT2D eigenvalue weighted by Crippen LogP contribution is -2.16. The van der Waals surface area contributed by atoms with E-state index in [0.29, 0.717) is 19.0 Å². The molecule has 0 spiro atoms. The molecule has 0 radical (unpaired) electrons. The van der Waals surface area contributed by atoms with Gasteiger partial charge in [-0.1, -0.05) is 25.1 Å². The van der Waals surface area contributed by atoms with E-state index < -0.39 is 0 Å². The first kappa shape index (κ1) is 13.4. The summed E-state index contributed by atoms with van der Waals surface area (Å²) in [5, 5.41) is 15.0. The third-order valence-corrected chi connectivity index (χ3v) is 3.04. The van der Waals surface area contributed by atoms with E-state index in [1.165, 1.54) is 0 Å². The molecule has 0 bridgehead atoms. The minimum Gasteiger partial charge on any atom is -0.444 e. The van der Waals surface area contributed by atoms with Crippen molar-refractivity contribution in [2.24, 2.45) is 0 Å². The number of tetrazole rings is 1. The Morgan fingerprint density at radius 1 is 1.19 bits per heavy atom. The molecule has 1 aromatic carbocycles. The molecule has 0 unspecified atom stereocenters. The Bertz CT molecular complexity index is 690. The van der Waals surface area contributed by atoms with Crippen LogP contribution in [0.5, 0.6) is 0 Å². The number of nitrogens with one attached hydrogen (secondary N) is 1. The molecule has 0 aliphatic rings. The molecule has 1 N–H and O–H groups in total. The molecular weight excluding hydrogens is 268 g/mol. The molecule has 0 amide bonds. The number of aromatic nitrogens is 5. The van der Waals surface area contributed by atoms with Gasteiger partial charge in [-0.2, -0.15) is 4.68 Å². The topological polar surface area (TPSA) is 81.7 Å². The first-order chi connectivity index (χ1) is 10.4. The summed E-state index contributed by atoms with van der Waals surface area (Å²) in [7, 11) is 0. The molecule has 2 aromatic heterocycles. The number of hydrogen-bond donors (Lipinski definition) is 1. The van der Waals surface area contributed by atoms with Crippen LogP contribution in [0, 0.1) is 0 Å². The zero-order chi connectivity index (χ0) is 14.5. The second-order valence-corrected chi connectivity index (χ2v) is 4.52. The van der Waals surface area contributed by atoms with Crippen LogP contribution in [-0.4, -0.2) is 25.2 Å². The van der Waals surface area contributed by atoms with Crippen molar-refractivity contribution in [3.63, 3.8) is 0 Å². The van der Waals surface area contributed by atoms with Gasteiger partial charge in [-0.25, -0.2) is 4.98 Å². The summed E-state index contributed by atoms with van der Waals surface area (Å²) in [4.78, 5) is 4.20. The highest BCUT2D eigenvalue weighted by molar-refractivity contribution is 5.30. The maximum absolute atomic E-state index is 5.54. The average molecular weight is 284 g/mol. The van der Waals surface area contributed by atoms with Crippen molar-refractivity contribution in [1.29, 1.82) is 0 Å². The Balaban J connectivity index is 1.62. The molecule has 21 heavy (non-hydrogen) atoms. The van der Waals surface area contributed by atoms with E-state index in [2.05, 4.69) is 25.8 Å². The van der Waals surface area contributed by atoms with Crippen LogP contribution in [0.2, 0.25) is 0 Å². The third-order valence-electron chi connectivity index (χ3n) is 3.04. The zero-order valence-corrected chi connectivity index (χ0v) is 11.7. The SMILES string of the molecule is CCc1cnc(CNCc2nnnn2-c2ccccc2)o1. The maximum Gasteiger partial charge on any atom is 0.208 e. The highest BCUT2D eigenvalue weighted by Gasteiger charge is 2.08. The number of oxazole rings is 1. The molecule has 3 rings (SSSR count). The molecule has 0 fully saturated rings. The van der Waals surface area contributed by atoms with Crippen molar-refractivity contribution < 1.29 is 4.42 Å². The Hall–Kier alpha value is -2.54. The van der Waals surface area contributed by atoms with Gasteiger partial charge in [0.1, 0.15) is 5.76 Å². The van der Waals surface area contributed by atoms with Crippen molar-refractivity contribution in [1.82, 2.24) is 30.5 Å². The van der Waals surface area contributed by atoms with Crippen molar-refractivity contribution in [3.05, 3.63) is 54.0 Å². The predicted octanol–water partition coefficient (Wildman–Crippen LogP) is 1.50. The minimum atomic E-state index is 0.533. The summed E-state index contributed by atoms with van der Waals surface area (Å²) in [6, 6.07) is 9.78. The number of para-hydroxylation sites is 1. The number of benzene rings is 1. The van der Waals surface area contributed by atoms with Crippen LogP contribution < -0.4 is 5.32 Å². The summed E-state index contributed by atoms with van der Waals surface area (Å²) < 4.78 is 7.24. The van der Waals surface area contributed by atoms with E-state index in [-0.39, 0.29) is 0 Å². The molecule has 7 heteroatoms. The first-order valence-electron chi connectivity index (χ1n) is 6.84. The van der Waals surface area contributed by atoms with Crippen LogP contribution in [0.4, 0.5) is 0 Å². The van der Waals surface area contributed by atoms with E-state index in [4.69, 9.17) is 4.42 Å². The summed E-state index contributed by atoms with van der Waals surface area (Å²) in [6.07, 6.45) is 2.60. The molecule has 7 nitrogen and oxygen atoms in total. The van der Waals surface area contributed by atoms with Crippen LogP contribution in [0.25, 0.3) is 5.69 Å². The van der Waals surface area contributed by atoms with Crippen molar-refractivity contribution >= 4 is 0 Å². The number of aryl methyl sites for hydroxylation is 1. The molecule has 0 saturated carbocycles. The Morgan fingerprint density at radius 3 is 2.81 bits per heavy atom. The molecule has 108 valence electrons. The summed E-state index contributed by atoms with van der Waals surface area (Å²) in [5.41, 5.74) is 0.934. The van der Waals surface area contributed by atoms with Crippen LogP contribution >= 0.6 is 0 Å². The quantitative estimate of drug-likeness (QED) is 0.738. The van der Waals surface area contributed by atoms with Gasteiger partial charge in [0.25, 0.3) is 0 Å². The molecule has 3 aromatic rings. The van der Waals surface area contributed by atoms with E-state index in [9.17, 15) is 0 Å². The fraction of sp³-hybridized carbons (Fsp3) is 0.286. The fourth-order valence-electron chi connectivity index (χ4n) is 1.96. The highest BCUT2D eigenvalue weighted by Crippen LogP contribution is 2.07. The van der Waals surface area contributed by atoms with Gasteiger partial charge in [-0.05, 0) is 22.6 Å². The lowest BCUT2D eigenvalue weighted by molar-refractivity contribution is 0.436. The highest BCUT2D eigenvalue weighted by atomic mass is 16.4. The normalized spacial score (nSPS) is 10.9. The molecule has 0 atom stereocenters. The van der Waals surface area contributed by atoms with Gasteiger partial charge in [-0.15, -0.1) is 5.10 Å². The second kappa shape index (κ2) is 6.27. The van der Waals surface area contributed by atoms with Crippen molar-refractivity contribution in [2.45, 2.75) is 26.4 Å². The standard InChI is InChI=1S/C14H16N6O/c1-2-12-8-16-14(21-12)10-15-9-13-17-18-19-20(13)11-6-4-3-5-7-11/h3-8,15H,2,9-10H2,1H3. The summed E-state index contributed by atoms with van der Waals surface area (Å²) >= 11 is 0. The third kappa shape index (κ3) is 3.14. The van der Waals surface area contributed by atoms with Crippen molar-refractivity contribution in [3.8, 4) is 5.69 Å². The zero-order valence-electron chi connectivity index (χ0n) is 11.7. The lowest BCUT2D eigenvalue weighted by atomic mass is 10.3. The Morgan fingerprint density at radius 2 is 2.05 bits per heavy atom. The van der Waals surface area contributed by atoms with Gasteiger partial charge >= 0.3 is 0 Å². The fourth-order valence-corrected chi connectivity index (χ4v) is 1.96. The van der Waals surface area contributed by atoms with E-state index in [1.807, 2.05) is 37.3 Å². The molecule has 0 aliphatic heterocycles. The monoisotopic (exact) mass is 284 g/mol. The van der Waals surface area contributed by atoms with Gasteiger partial charge in [0.2, 0.25) is 5.89 Å². The molecule has 0 saturated heterocycles.